The van der Waals surface area contributed by atoms with Crippen LogP contribution in [0.1, 0.15) is 44.6 Å². The lowest BCUT2D eigenvalue weighted by Gasteiger charge is -2.24. The number of hydrogen-bond acceptors (Lipinski definition) is 3. The van der Waals surface area contributed by atoms with E-state index in [1.807, 2.05) is 12.1 Å². The summed E-state index contributed by atoms with van der Waals surface area (Å²) in [6.45, 7) is 3.10. The fourth-order valence-corrected chi connectivity index (χ4v) is 3.34. The number of nitro benzene ring substituents is 1. The average molecular weight is 276 g/mol. The number of nitrogens with one attached hydrogen (secondary N) is 1. The first-order chi connectivity index (χ1) is 9.72. The van der Waals surface area contributed by atoms with Crippen molar-refractivity contribution in [3.8, 4) is 0 Å². The van der Waals surface area contributed by atoms with Crippen LogP contribution in [-0.2, 0) is 6.42 Å². The molecule has 1 unspecified atom stereocenters. The fraction of sp³-hybridized carbons (Fsp3) is 0.625. The van der Waals surface area contributed by atoms with Gasteiger partial charge in [0.1, 0.15) is 0 Å². The van der Waals surface area contributed by atoms with Crippen LogP contribution in [0.5, 0.6) is 0 Å². The largest absolute Gasteiger partial charge is 0.314 e. The maximum Gasteiger partial charge on any atom is 0.272 e. The maximum absolute atomic E-state index is 11.0. The molecule has 1 aromatic rings. The highest BCUT2D eigenvalue weighted by atomic mass is 16.6. The molecule has 1 aromatic carbocycles. The topological polar surface area (TPSA) is 55.2 Å². The van der Waals surface area contributed by atoms with Gasteiger partial charge in [0, 0.05) is 17.7 Å². The van der Waals surface area contributed by atoms with Gasteiger partial charge < -0.3 is 5.32 Å². The molecule has 0 saturated heterocycles. The van der Waals surface area contributed by atoms with Gasteiger partial charge in [-0.15, -0.1) is 0 Å². The summed E-state index contributed by atoms with van der Waals surface area (Å²) in [6, 6.07) is 7.62. The van der Waals surface area contributed by atoms with E-state index in [1.165, 1.54) is 25.7 Å². The molecule has 4 heteroatoms. The van der Waals surface area contributed by atoms with Crippen molar-refractivity contribution in [1.29, 1.82) is 0 Å². The van der Waals surface area contributed by atoms with E-state index in [2.05, 4.69) is 12.2 Å². The molecule has 20 heavy (non-hydrogen) atoms. The van der Waals surface area contributed by atoms with Crippen LogP contribution in [0.25, 0.3) is 0 Å². The Morgan fingerprint density at radius 2 is 2.05 bits per heavy atom. The molecule has 1 N–H and O–H groups in total. The Balaban J connectivity index is 2.00. The van der Waals surface area contributed by atoms with Crippen LogP contribution in [0.4, 0.5) is 5.69 Å². The van der Waals surface area contributed by atoms with Crippen LogP contribution in [0, 0.1) is 16.0 Å². The van der Waals surface area contributed by atoms with E-state index in [9.17, 15) is 10.1 Å². The normalized spacial score (nSPS) is 17.2. The SMILES string of the molecule is CCNC(CCc1ccccc1[N+](=O)[O-])C1CCCC1. The molecule has 1 aliphatic carbocycles. The van der Waals surface area contributed by atoms with E-state index >= 15 is 0 Å². The second-order valence-corrected chi connectivity index (χ2v) is 5.63. The van der Waals surface area contributed by atoms with Crippen molar-refractivity contribution in [3.05, 3.63) is 39.9 Å². The number of nitro groups is 1. The van der Waals surface area contributed by atoms with E-state index in [0.29, 0.717) is 6.04 Å². The van der Waals surface area contributed by atoms with Gasteiger partial charge in [0.15, 0.2) is 0 Å². The molecule has 0 amide bonds. The second-order valence-electron chi connectivity index (χ2n) is 5.63. The summed E-state index contributed by atoms with van der Waals surface area (Å²) < 4.78 is 0. The molecule has 1 atom stereocenters. The Hall–Kier alpha value is -1.42. The lowest BCUT2D eigenvalue weighted by Crippen LogP contribution is -2.35. The zero-order chi connectivity index (χ0) is 14.4. The van der Waals surface area contributed by atoms with Gasteiger partial charge in [-0.3, -0.25) is 10.1 Å². The molecule has 4 nitrogen and oxygen atoms in total. The summed E-state index contributed by atoms with van der Waals surface area (Å²) in [5, 5.41) is 14.6. The van der Waals surface area contributed by atoms with Gasteiger partial charge in [0.2, 0.25) is 0 Å². The molecule has 1 aliphatic rings. The van der Waals surface area contributed by atoms with E-state index in [-0.39, 0.29) is 10.6 Å². The van der Waals surface area contributed by atoms with Crippen molar-refractivity contribution in [1.82, 2.24) is 5.32 Å². The molecular weight excluding hydrogens is 252 g/mol. The zero-order valence-electron chi connectivity index (χ0n) is 12.2. The Labute approximate surface area is 120 Å². The van der Waals surface area contributed by atoms with Gasteiger partial charge >= 0.3 is 0 Å². The Morgan fingerprint density at radius 1 is 1.35 bits per heavy atom. The molecule has 1 saturated carbocycles. The van der Waals surface area contributed by atoms with Gasteiger partial charge in [-0.2, -0.15) is 0 Å². The lowest BCUT2D eigenvalue weighted by atomic mass is 9.92. The predicted molar refractivity (Wildman–Crippen MR) is 80.8 cm³/mol. The molecule has 1 fully saturated rings. The Kier molecular flexibility index (Phi) is 5.53. The minimum absolute atomic E-state index is 0.258. The van der Waals surface area contributed by atoms with Crippen molar-refractivity contribution in [2.45, 2.75) is 51.5 Å². The van der Waals surface area contributed by atoms with E-state index in [1.54, 1.807) is 12.1 Å². The number of hydrogen-bond donors (Lipinski definition) is 1. The standard InChI is InChI=1S/C16H24N2O2/c1-2-17-15(13-7-3-4-8-13)12-11-14-9-5-6-10-16(14)18(19)20/h5-6,9-10,13,15,17H,2-4,7-8,11-12H2,1H3. The minimum Gasteiger partial charge on any atom is -0.314 e. The molecule has 110 valence electrons. The summed E-state index contributed by atoms with van der Waals surface area (Å²) in [4.78, 5) is 10.8. The number of aryl methyl sites for hydroxylation is 1. The summed E-state index contributed by atoms with van der Waals surface area (Å²) in [7, 11) is 0. The fourth-order valence-electron chi connectivity index (χ4n) is 3.34. The van der Waals surface area contributed by atoms with Crippen molar-refractivity contribution in [2.75, 3.05) is 6.54 Å². The maximum atomic E-state index is 11.0. The minimum atomic E-state index is -0.271. The molecule has 0 aromatic heterocycles. The number of nitrogens with zero attached hydrogens (tertiary/aromatic N) is 1. The van der Waals surface area contributed by atoms with Crippen LogP contribution in [0.2, 0.25) is 0 Å². The second kappa shape index (κ2) is 7.39. The summed E-state index contributed by atoms with van der Waals surface area (Å²) >= 11 is 0. The third kappa shape index (κ3) is 3.79. The van der Waals surface area contributed by atoms with Crippen LogP contribution >= 0.6 is 0 Å². The number of rotatable bonds is 7. The number of benzene rings is 1. The van der Waals surface area contributed by atoms with Crippen molar-refractivity contribution in [2.24, 2.45) is 5.92 Å². The van der Waals surface area contributed by atoms with Gasteiger partial charge in [0.25, 0.3) is 5.69 Å². The van der Waals surface area contributed by atoms with Crippen molar-refractivity contribution >= 4 is 5.69 Å². The molecule has 0 aliphatic heterocycles. The van der Waals surface area contributed by atoms with Crippen molar-refractivity contribution < 1.29 is 4.92 Å². The van der Waals surface area contributed by atoms with Gasteiger partial charge in [-0.05, 0) is 38.1 Å². The van der Waals surface area contributed by atoms with Crippen LogP contribution in [0.15, 0.2) is 24.3 Å². The predicted octanol–water partition coefficient (Wildman–Crippen LogP) is 3.70. The summed E-state index contributed by atoms with van der Waals surface area (Å²) in [6.07, 6.45) is 7.04. The number of para-hydroxylation sites is 1. The quantitative estimate of drug-likeness (QED) is 0.610. The highest BCUT2D eigenvalue weighted by molar-refractivity contribution is 5.39. The van der Waals surface area contributed by atoms with Gasteiger partial charge in [-0.1, -0.05) is 38.0 Å². The van der Waals surface area contributed by atoms with Crippen molar-refractivity contribution in [3.63, 3.8) is 0 Å². The molecule has 0 radical (unpaired) electrons. The van der Waals surface area contributed by atoms with Gasteiger partial charge in [-0.25, -0.2) is 0 Å². The molecule has 0 heterocycles. The summed E-state index contributed by atoms with van der Waals surface area (Å²) in [5.74, 6) is 0.748. The van der Waals surface area contributed by atoms with Gasteiger partial charge in [0.05, 0.1) is 4.92 Å². The first-order valence-corrected chi connectivity index (χ1v) is 7.68. The molecule has 2 rings (SSSR count). The zero-order valence-corrected chi connectivity index (χ0v) is 12.2. The first-order valence-electron chi connectivity index (χ1n) is 7.68. The monoisotopic (exact) mass is 276 g/mol. The molecule has 0 bridgehead atoms. The van der Waals surface area contributed by atoms with Crippen LogP contribution in [0.3, 0.4) is 0 Å². The highest BCUT2D eigenvalue weighted by Crippen LogP contribution is 2.30. The van der Waals surface area contributed by atoms with E-state index in [0.717, 1.165) is 30.9 Å². The highest BCUT2D eigenvalue weighted by Gasteiger charge is 2.24. The lowest BCUT2D eigenvalue weighted by molar-refractivity contribution is -0.385. The Bertz CT molecular complexity index is 442. The van der Waals surface area contributed by atoms with Crippen LogP contribution in [-0.4, -0.2) is 17.5 Å². The molecule has 0 spiro atoms. The third-order valence-electron chi connectivity index (χ3n) is 4.35. The smallest absolute Gasteiger partial charge is 0.272 e. The Morgan fingerprint density at radius 3 is 2.70 bits per heavy atom. The first kappa shape index (κ1) is 15.0. The average Bonchev–Trinajstić information content (AvgIpc) is 2.97. The van der Waals surface area contributed by atoms with E-state index in [4.69, 9.17) is 0 Å². The third-order valence-corrected chi connectivity index (χ3v) is 4.35. The van der Waals surface area contributed by atoms with Crippen LogP contribution < -0.4 is 5.32 Å². The summed E-state index contributed by atoms with van der Waals surface area (Å²) in [5.41, 5.74) is 1.12. The van der Waals surface area contributed by atoms with E-state index < -0.39 is 0 Å². The molecular formula is C16H24N2O2.